The van der Waals surface area contributed by atoms with E-state index in [-0.39, 0.29) is 0 Å². The van der Waals surface area contributed by atoms with Crippen LogP contribution in [0.25, 0.3) is 0 Å². The van der Waals surface area contributed by atoms with Crippen molar-refractivity contribution in [3.63, 3.8) is 0 Å². The number of nitriles is 1. The molecule has 1 aromatic carbocycles. The molecule has 0 saturated heterocycles. The molecule has 0 saturated carbocycles. The van der Waals surface area contributed by atoms with Crippen LogP contribution in [-0.2, 0) is 25.9 Å². The molecule has 1 aliphatic heterocycles. The van der Waals surface area contributed by atoms with Crippen LogP contribution in [0.3, 0.4) is 0 Å². The van der Waals surface area contributed by atoms with Crippen LogP contribution in [0.1, 0.15) is 41.8 Å². The van der Waals surface area contributed by atoms with Gasteiger partial charge in [0.2, 0.25) is 0 Å². The number of hydrogen-bond acceptors (Lipinski definition) is 4. The smallest absolute Gasteiger partial charge is 0.170 e. The average molecular weight is 278 g/mol. The van der Waals surface area contributed by atoms with Crippen molar-refractivity contribution < 1.29 is 0 Å². The summed E-state index contributed by atoms with van der Waals surface area (Å²) < 4.78 is 0. The Morgan fingerprint density at radius 3 is 2.29 bits per heavy atom. The lowest BCUT2D eigenvalue weighted by Gasteiger charge is -2.19. The summed E-state index contributed by atoms with van der Waals surface area (Å²) in [4.78, 5) is 2.15. The van der Waals surface area contributed by atoms with Gasteiger partial charge in [0, 0.05) is 13.1 Å². The zero-order valence-electron chi connectivity index (χ0n) is 12.4. The van der Waals surface area contributed by atoms with E-state index in [9.17, 15) is 5.26 Å². The SMILES string of the molecule is CCc1nnc(N2Cc3ccccc3C2)c(C#N)c1CC. The summed E-state index contributed by atoms with van der Waals surface area (Å²) in [7, 11) is 0. The summed E-state index contributed by atoms with van der Waals surface area (Å²) in [5.41, 5.74) is 5.29. The molecule has 1 aromatic heterocycles. The topological polar surface area (TPSA) is 52.8 Å². The van der Waals surface area contributed by atoms with Crippen molar-refractivity contribution in [1.82, 2.24) is 10.2 Å². The first-order chi connectivity index (χ1) is 10.3. The van der Waals surface area contributed by atoms with Crippen LogP contribution in [0, 0.1) is 11.3 Å². The van der Waals surface area contributed by atoms with Crippen molar-refractivity contribution in [3.05, 3.63) is 52.2 Å². The molecule has 1 aliphatic rings. The highest BCUT2D eigenvalue weighted by molar-refractivity contribution is 5.60. The fourth-order valence-corrected chi connectivity index (χ4v) is 2.98. The van der Waals surface area contributed by atoms with Gasteiger partial charge in [0.15, 0.2) is 5.82 Å². The summed E-state index contributed by atoms with van der Waals surface area (Å²) in [6.07, 6.45) is 1.63. The molecule has 0 bridgehead atoms. The van der Waals surface area contributed by atoms with Crippen LogP contribution in [0.4, 0.5) is 5.82 Å². The Morgan fingerprint density at radius 1 is 1.10 bits per heavy atom. The van der Waals surface area contributed by atoms with Crippen molar-refractivity contribution in [3.8, 4) is 6.07 Å². The third kappa shape index (κ3) is 2.25. The molecule has 4 heteroatoms. The Kier molecular flexibility index (Phi) is 3.57. The Labute approximate surface area is 125 Å². The lowest BCUT2D eigenvalue weighted by atomic mass is 10.0. The first-order valence-corrected chi connectivity index (χ1v) is 7.38. The molecular weight excluding hydrogens is 260 g/mol. The molecule has 3 rings (SSSR count). The van der Waals surface area contributed by atoms with Gasteiger partial charge in [-0.25, -0.2) is 0 Å². The predicted octanol–water partition coefficient (Wildman–Crippen LogP) is 2.99. The lowest BCUT2D eigenvalue weighted by Crippen LogP contribution is -2.20. The highest BCUT2D eigenvalue weighted by Crippen LogP contribution is 2.30. The number of aryl methyl sites for hydroxylation is 1. The van der Waals surface area contributed by atoms with E-state index in [1.807, 2.05) is 0 Å². The highest BCUT2D eigenvalue weighted by Gasteiger charge is 2.24. The number of rotatable bonds is 3. The minimum Gasteiger partial charge on any atom is -0.345 e. The molecule has 2 heterocycles. The maximum Gasteiger partial charge on any atom is 0.170 e. The second-order valence-electron chi connectivity index (χ2n) is 5.27. The van der Waals surface area contributed by atoms with Gasteiger partial charge in [0.25, 0.3) is 0 Å². The lowest BCUT2D eigenvalue weighted by molar-refractivity contribution is 0.797. The zero-order chi connectivity index (χ0) is 14.8. The van der Waals surface area contributed by atoms with Gasteiger partial charge in [0.05, 0.1) is 5.69 Å². The van der Waals surface area contributed by atoms with Gasteiger partial charge in [0.1, 0.15) is 11.6 Å². The quantitative estimate of drug-likeness (QED) is 0.866. The second-order valence-corrected chi connectivity index (χ2v) is 5.27. The highest BCUT2D eigenvalue weighted by atomic mass is 15.3. The van der Waals surface area contributed by atoms with Crippen LogP contribution in [0.15, 0.2) is 24.3 Å². The third-order valence-electron chi connectivity index (χ3n) is 4.08. The van der Waals surface area contributed by atoms with Crippen LogP contribution in [0.5, 0.6) is 0 Å². The van der Waals surface area contributed by atoms with E-state index in [2.05, 4.69) is 59.3 Å². The fourth-order valence-electron chi connectivity index (χ4n) is 2.98. The molecule has 0 spiro atoms. The van der Waals surface area contributed by atoms with Crippen molar-refractivity contribution >= 4 is 5.82 Å². The van der Waals surface area contributed by atoms with Gasteiger partial charge < -0.3 is 4.90 Å². The number of nitrogens with zero attached hydrogens (tertiary/aromatic N) is 4. The maximum absolute atomic E-state index is 9.58. The standard InChI is InChI=1S/C17H18N4/c1-3-14-15(9-18)17(20-19-16(14)4-2)21-10-12-7-5-6-8-13(12)11-21/h5-8H,3-4,10-11H2,1-2H3. The predicted molar refractivity (Wildman–Crippen MR) is 81.8 cm³/mol. The van der Waals surface area contributed by atoms with Gasteiger partial charge in [-0.1, -0.05) is 38.1 Å². The minimum absolute atomic E-state index is 0.692. The summed E-state index contributed by atoms with van der Waals surface area (Å²) in [6, 6.07) is 10.7. The first-order valence-electron chi connectivity index (χ1n) is 7.38. The molecule has 0 N–H and O–H groups in total. The Hall–Kier alpha value is -2.41. The maximum atomic E-state index is 9.58. The van der Waals surface area contributed by atoms with E-state index in [0.717, 1.165) is 43.0 Å². The molecule has 2 aromatic rings. The molecule has 0 fully saturated rings. The van der Waals surface area contributed by atoms with Crippen LogP contribution in [0.2, 0.25) is 0 Å². The zero-order valence-corrected chi connectivity index (χ0v) is 12.4. The molecule has 0 amide bonds. The summed E-state index contributed by atoms with van der Waals surface area (Å²) in [5, 5.41) is 18.3. The van der Waals surface area contributed by atoms with E-state index in [4.69, 9.17) is 0 Å². The fraction of sp³-hybridized carbons (Fsp3) is 0.353. The van der Waals surface area contributed by atoms with E-state index in [0.29, 0.717) is 5.56 Å². The van der Waals surface area contributed by atoms with Crippen molar-refractivity contribution in [2.75, 3.05) is 4.90 Å². The summed E-state index contributed by atoms with van der Waals surface area (Å²) in [5.74, 6) is 0.725. The van der Waals surface area contributed by atoms with Crippen molar-refractivity contribution in [1.29, 1.82) is 5.26 Å². The van der Waals surface area contributed by atoms with E-state index in [1.165, 1.54) is 11.1 Å². The summed E-state index contributed by atoms with van der Waals surface area (Å²) in [6.45, 7) is 5.72. The van der Waals surface area contributed by atoms with Crippen LogP contribution >= 0.6 is 0 Å². The third-order valence-corrected chi connectivity index (χ3v) is 4.08. The van der Waals surface area contributed by atoms with E-state index < -0.39 is 0 Å². The van der Waals surface area contributed by atoms with Gasteiger partial charge >= 0.3 is 0 Å². The number of hydrogen-bond donors (Lipinski definition) is 0. The minimum atomic E-state index is 0.692. The van der Waals surface area contributed by atoms with Gasteiger partial charge in [-0.3, -0.25) is 0 Å². The van der Waals surface area contributed by atoms with E-state index >= 15 is 0 Å². The van der Waals surface area contributed by atoms with Gasteiger partial charge in [-0.2, -0.15) is 10.4 Å². The Morgan fingerprint density at radius 2 is 1.76 bits per heavy atom. The van der Waals surface area contributed by atoms with Gasteiger partial charge in [-0.05, 0) is 29.5 Å². The van der Waals surface area contributed by atoms with Gasteiger partial charge in [-0.15, -0.1) is 5.10 Å². The molecular formula is C17H18N4. The van der Waals surface area contributed by atoms with Crippen molar-refractivity contribution in [2.45, 2.75) is 39.8 Å². The van der Waals surface area contributed by atoms with E-state index in [1.54, 1.807) is 0 Å². The number of aromatic nitrogens is 2. The van der Waals surface area contributed by atoms with Crippen LogP contribution in [-0.4, -0.2) is 10.2 Å². The Bertz CT molecular complexity index is 690. The average Bonchev–Trinajstić information content (AvgIpc) is 2.96. The monoisotopic (exact) mass is 278 g/mol. The summed E-state index contributed by atoms with van der Waals surface area (Å²) >= 11 is 0. The number of benzene rings is 1. The number of anilines is 1. The molecule has 21 heavy (non-hydrogen) atoms. The largest absolute Gasteiger partial charge is 0.345 e. The van der Waals surface area contributed by atoms with Crippen LogP contribution < -0.4 is 4.90 Å². The molecule has 0 aliphatic carbocycles. The first kappa shape index (κ1) is 13.6. The van der Waals surface area contributed by atoms with Crippen molar-refractivity contribution in [2.24, 2.45) is 0 Å². The molecule has 4 nitrogen and oxygen atoms in total. The second kappa shape index (κ2) is 5.53. The Balaban J connectivity index is 2.03. The molecule has 0 atom stereocenters. The number of fused-ring (bicyclic) bond motifs is 1. The molecule has 106 valence electrons. The molecule has 0 radical (unpaired) electrons. The normalized spacial score (nSPS) is 13.1. The molecule has 0 unspecified atom stereocenters.